The molecule has 114 valence electrons. The average molecular weight is 291 g/mol. The Kier molecular flexibility index (Phi) is 4.96. The van der Waals surface area contributed by atoms with E-state index in [4.69, 9.17) is 4.74 Å². The lowest BCUT2D eigenvalue weighted by Crippen LogP contribution is -2.25. The molecule has 4 nitrogen and oxygen atoms in total. The van der Waals surface area contributed by atoms with Crippen LogP contribution < -0.4 is 10.1 Å². The van der Waals surface area contributed by atoms with E-state index >= 15 is 0 Å². The number of hydrogen-bond donors (Lipinski definition) is 1. The first-order chi connectivity index (χ1) is 10.0. The number of nitrogens with one attached hydrogen (secondary N) is 1. The van der Waals surface area contributed by atoms with E-state index in [9.17, 15) is 4.39 Å². The summed E-state index contributed by atoms with van der Waals surface area (Å²) in [4.78, 5) is 0. The standard InChI is InChI=1S/C16H22FN3O/c1-5-18-14(15-8-11(2)19-20(15)3)10-12-6-7-16(21-4)13(17)9-12/h6-9,14,18H,5,10H2,1-4H3. The summed E-state index contributed by atoms with van der Waals surface area (Å²) in [7, 11) is 3.40. The van der Waals surface area contributed by atoms with Crippen LogP contribution in [-0.4, -0.2) is 23.4 Å². The Bertz CT molecular complexity index is 610. The summed E-state index contributed by atoms with van der Waals surface area (Å²) in [5, 5.41) is 7.82. The molecular formula is C16H22FN3O. The van der Waals surface area contributed by atoms with Crippen LogP contribution in [-0.2, 0) is 13.5 Å². The van der Waals surface area contributed by atoms with E-state index in [2.05, 4.69) is 23.4 Å². The van der Waals surface area contributed by atoms with Crippen LogP contribution >= 0.6 is 0 Å². The predicted octanol–water partition coefficient (Wildman–Crippen LogP) is 2.77. The maximum Gasteiger partial charge on any atom is 0.165 e. The van der Waals surface area contributed by atoms with E-state index in [-0.39, 0.29) is 17.6 Å². The van der Waals surface area contributed by atoms with Gasteiger partial charge in [0.25, 0.3) is 0 Å². The van der Waals surface area contributed by atoms with E-state index < -0.39 is 0 Å². The largest absolute Gasteiger partial charge is 0.494 e. The van der Waals surface area contributed by atoms with Gasteiger partial charge in [-0.15, -0.1) is 0 Å². The molecule has 5 heteroatoms. The Morgan fingerprint density at radius 3 is 2.67 bits per heavy atom. The average Bonchev–Trinajstić information content (AvgIpc) is 2.77. The van der Waals surface area contributed by atoms with Crippen LogP contribution in [0.2, 0.25) is 0 Å². The maximum atomic E-state index is 13.8. The molecule has 0 aliphatic carbocycles. The number of hydrogen-bond acceptors (Lipinski definition) is 3. The summed E-state index contributed by atoms with van der Waals surface area (Å²) < 4.78 is 20.6. The molecule has 2 rings (SSSR count). The van der Waals surface area contributed by atoms with Crippen molar-refractivity contribution in [1.82, 2.24) is 15.1 Å². The van der Waals surface area contributed by atoms with E-state index in [1.807, 2.05) is 24.7 Å². The highest BCUT2D eigenvalue weighted by Crippen LogP contribution is 2.23. The zero-order valence-corrected chi connectivity index (χ0v) is 13.0. The van der Waals surface area contributed by atoms with E-state index in [0.717, 1.165) is 23.5 Å². The number of benzene rings is 1. The molecule has 1 unspecified atom stereocenters. The number of nitrogens with zero attached hydrogens (tertiary/aromatic N) is 2. The Hall–Kier alpha value is -1.88. The molecule has 0 aliphatic rings. The minimum Gasteiger partial charge on any atom is -0.494 e. The van der Waals surface area contributed by atoms with Gasteiger partial charge in [0.15, 0.2) is 11.6 Å². The lowest BCUT2D eigenvalue weighted by molar-refractivity contribution is 0.386. The number of rotatable bonds is 6. The van der Waals surface area contributed by atoms with Gasteiger partial charge in [-0.2, -0.15) is 5.10 Å². The normalized spacial score (nSPS) is 12.4. The number of likely N-dealkylation sites (N-methyl/N-ethyl adjacent to an activating group) is 1. The Morgan fingerprint density at radius 1 is 1.38 bits per heavy atom. The topological polar surface area (TPSA) is 39.1 Å². The fourth-order valence-electron chi connectivity index (χ4n) is 2.56. The van der Waals surface area contributed by atoms with Crippen LogP contribution in [0.1, 0.15) is 29.9 Å². The molecule has 1 aromatic heterocycles. The summed E-state index contributed by atoms with van der Waals surface area (Å²) in [6.45, 7) is 4.87. The highest BCUT2D eigenvalue weighted by atomic mass is 19.1. The van der Waals surface area contributed by atoms with Crippen LogP contribution in [0.15, 0.2) is 24.3 Å². The van der Waals surface area contributed by atoms with Crippen molar-refractivity contribution in [3.63, 3.8) is 0 Å². The number of halogens is 1. The Balaban J connectivity index is 2.24. The Labute approximate surface area is 124 Å². The molecule has 0 fully saturated rings. The van der Waals surface area contributed by atoms with Crippen molar-refractivity contribution >= 4 is 0 Å². The summed E-state index contributed by atoms with van der Waals surface area (Å²) in [6, 6.07) is 7.27. The van der Waals surface area contributed by atoms with Crippen LogP contribution in [0.4, 0.5) is 4.39 Å². The lowest BCUT2D eigenvalue weighted by atomic mass is 10.0. The molecule has 1 heterocycles. The summed E-state index contributed by atoms with van der Waals surface area (Å²) in [5.41, 5.74) is 3.01. The third-order valence-electron chi connectivity index (χ3n) is 3.50. The molecule has 1 aromatic carbocycles. The molecule has 1 atom stereocenters. The molecule has 21 heavy (non-hydrogen) atoms. The molecule has 0 bridgehead atoms. The van der Waals surface area contributed by atoms with Gasteiger partial charge in [0, 0.05) is 7.05 Å². The van der Waals surface area contributed by atoms with Crippen LogP contribution in [0.5, 0.6) is 5.75 Å². The van der Waals surface area contributed by atoms with Crippen molar-refractivity contribution in [1.29, 1.82) is 0 Å². The zero-order chi connectivity index (χ0) is 15.4. The molecule has 0 radical (unpaired) electrons. The SMILES string of the molecule is CCNC(Cc1ccc(OC)c(F)c1)c1cc(C)nn1C. The van der Waals surface area contributed by atoms with Gasteiger partial charge in [0.05, 0.1) is 24.5 Å². The van der Waals surface area contributed by atoms with E-state index in [1.54, 1.807) is 6.07 Å². The van der Waals surface area contributed by atoms with Gasteiger partial charge < -0.3 is 10.1 Å². The predicted molar refractivity (Wildman–Crippen MR) is 81.0 cm³/mol. The molecular weight excluding hydrogens is 269 g/mol. The molecule has 0 amide bonds. The zero-order valence-electron chi connectivity index (χ0n) is 13.0. The highest BCUT2D eigenvalue weighted by molar-refractivity contribution is 5.30. The molecule has 2 aromatic rings. The van der Waals surface area contributed by atoms with E-state index in [1.165, 1.54) is 13.2 Å². The molecule has 0 aliphatic heterocycles. The van der Waals surface area contributed by atoms with Crippen molar-refractivity contribution in [3.05, 3.63) is 47.0 Å². The second kappa shape index (κ2) is 6.72. The van der Waals surface area contributed by atoms with Crippen LogP contribution in [0.25, 0.3) is 0 Å². The molecule has 1 N–H and O–H groups in total. The number of aromatic nitrogens is 2. The molecule has 0 saturated carbocycles. The van der Waals surface area contributed by atoms with Crippen molar-refractivity contribution in [3.8, 4) is 5.75 Å². The minimum absolute atomic E-state index is 0.106. The van der Waals surface area contributed by atoms with Gasteiger partial charge in [-0.05, 0) is 43.7 Å². The minimum atomic E-state index is -0.327. The molecule has 0 spiro atoms. The molecule has 0 saturated heterocycles. The van der Waals surface area contributed by atoms with Gasteiger partial charge in [0.2, 0.25) is 0 Å². The second-order valence-electron chi connectivity index (χ2n) is 5.12. The summed E-state index contributed by atoms with van der Waals surface area (Å²) in [5.74, 6) is -0.0541. The quantitative estimate of drug-likeness (QED) is 0.889. The first-order valence-corrected chi connectivity index (χ1v) is 7.11. The van der Waals surface area contributed by atoms with Gasteiger partial charge in [0.1, 0.15) is 0 Å². The van der Waals surface area contributed by atoms with E-state index in [0.29, 0.717) is 6.42 Å². The van der Waals surface area contributed by atoms with Crippen molar-refractivity contribution in [2.45, 2.75) is 26.3 Å². The fourth-order valence-corrected chi connectivity index (χ4v) is 2.56. The van der Waals surface area contributed by atoms with Gasteiger partial charge in [-0.3, -0.25) is 4.68 Å². The van der Waals surface area contributed by atoms with Gasteiger partial charge in [-0.25, -0.2) is 4.39 Å². The smallest absolute Gasteiger partial charge is 0.165 e. The third kappa shape index (κ3) is 3.61. The summed E-state index contributed by atoms with van der Waals surface area (Å²) >= 11 is 0. The maximum absolute atomic E-state index is 13.8. The van der Waals surface area contributed by atoms with Crippen molar-refractivity contribution in [2.75, 3.05) is 13.7 Å². The van der Waals surface area contributed by atoms with Gasteiger partial charge in [-0.1, -0.05) is 13.0 Å². The first kappa shape index (κ1) is 15.5. The van der Waals surface area contributed by atoms with Crippen molar-refractivity contribution in [2.24, 2.45) is 7.05 Å². The Morgan fingerprint density at radius 2 is 2.14 bits per heavy atom. The first-order valence-electron chi connectivity index (χ1n) is 7.11. The number of aryl methyl sites for hydroxylation is 2. The number of ether oxygens (including phenoxy) is 1. The van der Waals surface area contributed by atoms with Gasteiger partial charge >= 0.3 is 0 Å². The van der Waals surface area contributed by atoms with Crippen LogP contribution in [0.3, 0.4) is 0 Å². The summed E-state index contributed by atoms with van der Waals surface area (Å²) in [6.07, 6.45) is 0.702. The van der Waals surface area contributed by atoms with Crippen LogP contribution in [0, 0.1) is 12.7 Å². The second-order valence-corrected chi connectivity index (χ2v) is 5.12. The lowest BCUT2D eigenvalue weighted by Gasteiger charge is -2.18. The monoisotopic (exact) mass is 291 g/mol. The fraction of sp³-hybridized carbons (Fsp3) is 0.438. The van der Waals surface area contributed by atoms with Crippen molar-refractivity contribution < 1.29 is 9.13 Å². The number of methoxy groups -OCH3 is 1. The highest BCUT2D eigenvalue weighted by Gasteiger charge is 2.16. The third-order valence-corrected chi connectivity index (χ3v) is 3.50.